The van der Waals surface area contributed by atoms with Gasteiger partial charge in [-0.3, -0.25) is 9.67 Å². The van der Waals surface area contributed by atoms with Crippen LogP contribution in [0.15, 0.2) is 24.5 Å². The van der Waals surface area contributed by atoms with Crippen LogP contribution < -0.4 is 0 Å². The summed E-state index contributed by atoms with van der Waals surface area (Å²) in [6, 6.07) is 2.92. The summed E-state index contributed by atoms with van der Waals surface area (Å²) >= 11 is 0. The molecule has 0 saturated carbocycles. The van der Waals surface area contributed by atoms with Crippen molar-refractivity contribution in [2.75, 3.05) is 0 Å². The van der Waals surface area contributed by atoms with Gasteiger partial charge < -0.3 is 0 Å². The van der Waals surface area contributed by atoms with Crippen molar-refractivity contribution in [1.82, 2.24) is 29.8 Å². The van der Waals surface area contributed by atoms with E-state index >= 15 is 0 Å². The van der Waals surface area contributed by atoms with E-state index in [4.69, 9.17) is 0 Å². The molecule has 0 aliphatic heterocycles. The summed E-state index contributed by atoms with van der Waals surface area (Å²) in [7, 11) is 1.98. The van der Waals surface area contributed by atoms with E-state index < -0.39 is 5.82 Å². The Labute approximate surface area is 126 Å². The number of aromatic nitrogens is 6. The standard InChI is InChI=1S/C15H15FN6/c1-21-14-6-2-4-10(14)12(19-21)8-22-9-13(18-20-22)15-11(16)5-3-7-17-15/h3,5,7,9H,2,4,6,8H2,1H3. The Kier molecular flexibility index (Phi) is 2.99. The molecule has 1 aliphatic carbocycles. The molecule has 0 unspecified atom stereocenters. The first-order valence-electron chi connectivity index (χ1n) is 7.27. The molecular weight excluding hydrogens is 283 g/mol. The van der Waals surface area contributed by atoms with Gasteiger partial charge in [0.25, 0.3) is 0 Å². The lowest BCUT2D eigenvalue weighted by Crippen LogP contribution is -2.04. The molecule has 0 atom stereocenters. The van der Waals surface area contributed by atoms with Crippen molar-refractivity contribution < 1.29 is 4.39 Å². The van der Waals surface area contributed by atoms with Gasteiger partial charge in [0, 0.05) is 18.9 Å². The maximum Gasteiger partial charge on any atom is 0.151 e. The van der Waals surface area contributed by atoms with Crippen molar-refractivity contribution >= 4 is 0 Å². The smallest absolute Gasteiger partial charge is 0.151 e. The molecule has 7 heteroatoms. The van der Waals surface area contributed by atoms with Gasteiger partial charge in [-0.05, 0) is 37.0 Å². The van der Waals surface area contributed by atoms with Crippen LogP contribution in [-0.4, -0.2) is 29.8 Å². The zero-order chi connectivity index (χ0) is 15.1. The number of fused-ring (bicyclic) bond motifs is 1. The molecule has 0 saturated heterocycles. The third-order valence-electron chi connectivity index (χ3n) is 4.05. The van der Waals surface area contributed by atoms with Gasteiger partial charge in [0.2, 0.25) is 0 Å². The summed E-state index contributed by atoms with van der Waals surface area (Å²) in [5, 5.41) is 12.7. The topological polar surface area (TPSA) is 61.4 Å². The number of aryl methyl sites for hydroxylation is 1. The van der Waals surface area contributed by atoms with Gasteiger partial charge in [-0.25, -0.2) is 9.07 Å². The lowest BCUT2D eigenvalue weighted by Gasteiger charge is -1.99. The van der Waals surface area contributed by atoms with Crippen LogP contribution in [0.25, 0.3) is 11.4 Å². The van der Waals surface area contributed by atoms with Crippen molar-refractivity contribution in [3.8, 4) is 11.4 Å². The quantitative estimate of drug-likeness (QED) is 0.739. The first kappa shape index (κ1) is 13.1. The van der Waals surface area contributed by atoms with Gasteiger partial charge in [-0.2, -0.15) is 5.10 Å². The fraction of sp³-hybridized carbons (Fsp3) is 0.333. The largest absolute Gasteiger partial charge is 0.272 e. The predicted molar refractivity (Wildman–Crippen MR) is 77.5 cm³/mol. The molecule has 1 aliphatic rings. The first-order valence-corrected chi connectivity index (χ1v) is 7.27. The number of hydrogen-bond donors (Lipinski definition) is 0. The Balaban J connectivity index is 1.63. The van der Waals surface area contributed by atoms with Crippen molar-refractivity contribution in [3.63, 3.8) is 0 Å². The van der Waals surface area contributed by atoms with Crippen LogP contribution in [0.5, 0.6) is 0 Å². The minimum absolute atomic E-state index is 0.222. The number of halogens is 1. The molecule has 3 heterocycles. The number of rotatable bonds is 3. The lowest BCUT2D eigenvalue weighted by molar-refractivity contribution is 0.613. The second-order valence-corrected chi connectivity index (χ2v) is 5.48. The molecule has 3 aromatic heterocycles. The Bertz CT molecular complexity index is 834. The van der Waals surface area contributed by atoms with Gasteiger partial charge in [0.05, 0.1) is 18.4 Å². The summed E-state index contributed by atoms with van der Waals surface area (Å²) in [6.07, 6.45) is 6.58. The van der Waals surface area contributed by atoms with Crippen LogP contribution in [0.3, 0.4) is 0 Å². The molecule has 6 nitrogen and oxygen atoms in total. The summed E-state index contributed by atoms with van der Waals surface area (Å²) in [5.74, 6) is -0.395. The molecule has 0 bridgehead atoms. The minimum Gasteiger partial charge on any atom is -0.272 e. The van der Waals surface area contributed by atoms with Crippen molar-refractivity contribution in [2.45, 2.75) is 25.8 Å². The highest BCUT2D eigenvalue weighted by atomic mass is 19.1. The van der Waals surface area contributed by atoms with Crippen LogP contribution in [0, 0.1) is 5.82 Å². The van der Waals surface area contributed by atoms with Crippen LogP contribution in [0.1, 0.15) is 23.4 Å². The molecule has 0 radical (unpaired) electrons. The van der Waals surface area contributed by atoms with Gasteiger partial charge >= 0.3 is 0 Å². The van der Waals surface area contributed by atoms with Crippen molar-refractivity contribution in [3.05, 3.63) is 47.3 Å². The van der Waals surface area contributed by atoms with E-state index in [0.29, 0.717) is 12.2 Å². The molecule has 0 N–H and O–H groups in total. The highest BCUT2D eigenvalue weighted by molar-refractivity contribution is 5.52. The molecule has 0 fully saturated rings. The van der Waals surface area contributed by atoms with Crippen LogP contribution >= 0.6 is 0 Å². The Morgan fingerprint density at radius 2 is 2.23 bits per heavy atom. The molecule has 3 aromatic rings. The number of pyridine rings is 1. The molecule has 0 aromatic carbocycles. The molecular formula is C15H15FN6. The fourth-order valence-corrected chi connectivity index (χ4v) is 3.04. The van der Waals surface area contributed by atoms with Crippen LogP contribution in [0.4, 0.5) is 4.39 Å². The van der Waals surface area contributed by atoms with Gasteiger partial charge in [0.1, 0.15) is 11.4 Å². The lowest BCUT2D eigenvalue weighted by atomic mass is 10.2. The maximum absolute atomic E-state index is 13.7. The predicted octanol–water partition coefficient (Wildman–Crippen LogP) is 1.75. The highest BCUT2D eigenvalue weighted by Gasteiger charge is 2.21. The summed E-state index contributed by atoms with van der Waals surface area (Å²) in [6.45, 7) is 0.546. The Morgan fingerprint density at radius 3 is 3.09 bits per heavy atom. The minimum atomic E-state index is -0.395. The first-order chi connectivity index (χ1) is 10.7. The second kappa shape index (κ2) is 5.01. The number of nitrogens with zero attached hydrogens (tertiary/aromatic N) is 6. The van der Waals surface area contributed by atoms with E-state index in [2.05, 4.69) is 20.4 Å². The molecule has 4 rings (SSSR count). The summed E-state index contributed by atoms with van der Waals surface area (Å²) in [5.41, 5.74) is 4.31. The molecule has 22 heavy (non-hydrogen) atoms. The van der Waals surface area contributed by atoms with Crippen LogP contribution in [-0.2, 0) is 26.4 Å². The normalized spacial score (nSPS) is 13.5. The van der Waals surface area contributed by atoms with Gasteiger partial charge in [0.15, 0.2) is 5.82 Å². The third-order valence-corrected chi connectivity index (χ3v) is 4.05. The van der Waals surface area contributed by atoms with E-state index in [9.17, 15) is 4.39 Å². The van der Waals surface area contributed by atoms with Crippen LogP contribution in [0.2, 0.25) is 0 Å². The molecule has 112 valence electrons. The average molecular weight is 298 g/mol. The monoisotopic (exact) mass is 298 g/mol. The Hall–Kier alpha value is -2.57. The van der Waals surface area contributed by atoms with Gasteiger partial charge in [-0.1, -0.05) is 5.21 Å². The zero-order valence-corrected chi connectivity index (χ0v) is 12.2. The maximum atomic E-state index is 13.7. The fourth-order valence-electron chi connectivity index (χ4n) is 3.04. The Morgan fingerprint density at radius 1 is 1.32 bits per heavy atom. The SMILES string of the molecule is Cn1nc(Cn2cc(-c3ncccc3F)nn2)c2c1CCC2. The van der Waals surface area contributed by atoms with Crippen molar-refractivity contribution in [1.29, 1.82) is 0 Å². The zero-order valence-electron chi connectivity index (χ0n) is 12.2. The van der Waals surface area contributed by atoms with Crippen molar-refractivity contribution in [2.24, 2.45) is 7.05 Å². The summed E-state index contributed by atoms with van der Waals surface area (Å²) < 4.78 is 17.4. The van der Waals surface area contributed by atoms with E-state index in [1.807, 2.05) is 11.7 Å². The van der Waals surface area contributed by atoms with E-state index in [1.165, 1.54) is 23.7 Å². The second-order valence-electron chi connectivity index (χ2n) is 5.48. The van der Waals surface area contributed by atoms with E-state index in [1.54, 1.807) is 23.1 Å². The average Bonchev–Trinajstić information content (AvgIpc) is 3.20. The van der Waals surface area contributed by atoms with E-state index in [-0.39, 0.29) is 5.69 Å². The highest BCUT2D eigenvalue weighted by Crippen LogP contribution is 2.25. The van der Waals surface area contributed by atoms with E-state index in [0.717, 1.165) is 18.5 Å². The third kappa shape index (κ3) is 2.09. The molecule has 0 spiro atoms. The number of hydrogen-bond acceptors (Lipinski definition) is 4. The summed E-state index contributed by atoms with van der Waals surface area (Å²) in [4.78, 5) is 4.02. The van der Waals surface area contributed by atoms with Gasteiger partial charge in [-0.15, -0.1) is 5.10 Å². The molecule has 0 amide bonds.